The van der Waals surface area contributed by atoms with Crippen LogP contribution < -0.4 is 16.4 Å². The largest absolute Gasteiger partial charge is 0.366 e. The van der Waals surface area contributed by atoms with E-state index in [-0.39, 0.29) is 33.0 Å². The molecule has 2 aromatic carbocycles. The number of hydrogen-bond donors (Lipinski definition) is 3. The van der Waals surface area contributed by atoms with Crippen LogP contribution in [0.1, 0.15) is 76.7 Å². The number of alkyl halides is 6. The number of fused-ring (bicyclic) bond motifs is 1. The first-order chi connectivity index (χ1) is 25.5. The molecule has 0 radical (unpaired) electrons. The Balaban J connectivity index is 1.42. The van der Waals surface area contributed by atoms with E-state index in [1.165, 1.54) is 12.3 Å². The van der Waals surface area contributed by atoms with E-state index >= 15 is 8.78 Å². The van der Waals surface area contributed by atoms with E-state index in [2.05, 4.69) is 30.6 Å². The third kappa shape index (κ3) is 8.29. The van der Waals surface area contributed by atoms with Crippen LogP contribution in [0.15, 0.2) is 42.6 Å². The van der Waals surface area contributed by atoms with Gasteiger partial charge in [-0.25, -0.2) is 40.7 Å². The van der Waals surface area contributed by atoms with Crippen molar-refractivity contribution in [1.82, 2.24) is 30.0 Å². The number of nitrogens with zero attached hydrogens (tertiary/aromatic N) is 5. The Hall–Kier alpha value is -5.20. The summed E-state index contributed by atoms with van der Waals surface area (Å²) in [5.41, 5.74) is 0.101. The van der Waals surface area contributed by atoms with Gasteiger partial charge in [0.1, 0.15) is 35.4 Å². The highest BCUT2D eigenvalue weighted by atomic mass is 19.3. The quantitative estimate of drug-likeness (QED) is 0.135. The molecule has 2 amide bonds. The summed E-state index contributed by atoms with van der Waals surface area (Å²) in [5.74, 6) is -13.4. The van der Waals surface area contributed by atoms with Crippen molar-refractivity contribution in [3.05, 3.63) is 93.8 Å². The fourth-order valence-electron chi connectivity index (χ4n) is 6.78. The molecule has 10 nitrogen and oxygen atoms in total. The van der Waals surface area contributed by atoms with E-state index in [4.69, 9.17) is 5.73 Å². The average Bonchev–Trinajstić information content (AvgIpc) is 3.76. The Morgan fingerprint density at radius 1 is 0.926 bits per heavy atom. The zero-order valence-electron chi connectivity index (χ0n) is 28.3. The summed E-state index contributed by atoms with van der Waals surface area (Å²) in [6.45, 7) is 1.50. The smallest absolute Gasteiger partial charge is 0.290 e. The number of rotatable bonds is 13. The molecule has 1 saturated heterocycles. The van der Waals surface area contributed by atoms with Crippen LogP contribution in [0.2, 0.25) is 0 Å². The van der Waals surface area contributed by atoms with Gasteiger partial charge in [-0.2, -0.15) is 13.9 Å². The van der Waals surface area contributed by atoms with Crippen LogP contribution in [0.4, 0.5) is 45.5 Å². The first kappa shape index (κ1) is 38.5. The molecule has 54 heavy (non-hydrogen) atoms. The van der Waals surface area contributed by atoms with E-state index in [0.29, 0.717) is 19.2 Å². The molecule has 1 fully saturated rings. The minimum atomic E-state index is -4.09. The van der Waals surface area contributed by atoms with E-state index in [1.54, 1.807) is 0 Å². The van der Waals surface area contributed by atoms with Crippen molar-refractivity contribution >= 4 is 17.8 Å². The van der Waals surface area contributed by atoms with Crippen LogP contribution in [0, 0.1) is 17.5 Å². The molecule has 6 rings (SSSR count). The van der Waals surface area contributed by atoms with Crippen LogP contribution in [-0.2, 0) is 29.6 Å². The summed E-state index contributed by atoms with van der Waals surface area (Å²) >= 11 is 0. The first-order valence-electron chi connectivity index (χ1n) is 16.8. The van der Waals surface area contributed by atoms with E-state index in [0.717, 1.165) is 50.2 Å². The number of carbonyl (C=O) groups is 2. The number of hydrogen-bond acceptors (Lipinski definition) is 7. The molecule has 288 valence electrons. The van der Waals surface area contributed by atoms with E-state index < -0.39 is 102 Å². The normalized spacial score (nSPS) is 17.0. The summed E-state index contributed by atoms with van der Waals surface area (Å²) in [7, 11) is 0. The number of aromatic nitrogens is 4. The van der Waals surface area contributed by atoms with Gasteiger partial charge in [-0.3, -0.25) is 14.3 Å². The topological polar surface area (TPSA) is 131 Å². The van der Waals surface area contributed by atoms with Crippen LogP contribution in [0.5, 0.6) is 0 Å². The summed E-state index contributed by atoms with van der Waals surface area (Å²) in [6, 6.07) is 4.33. The second kappa shape index (κ2) is 15.3. The fourth-order valence-corrected chi connectivity index (χ4v) is 6.78. The van der Waals surface area contributed by atoms with Gasteiger partial charge in [-0.15, -0.1) is 0 Å². The highest BCUT2D eigenvalue weighted by molar-refractivity contribution is 5.94. The monoisotopic (exact) mass is 768 g/mol. The van der Waals surface area contributed by atoms with Crippen molar-refractivity contribution < 1.29 is 49.1 Å². The number of halogens is 9. The predicted octanol–water partition coefficient (Wildman–Crippen LogP) is 6.38. The molecule has 1 atom stereocenters. The molecule has 4 N–H and O–H groups in total. The molecular formula is C35H33F9N8O2. The highest BCUT2D eigenvalue weighted by Gasteiger charge is 2.55. The van der Waals surface area contributed by atoms with Crippen molar-refractivity contribution in [2.75, 3.05) is 31.5 Å². The van der Waals surface area contributed by atoms with Crippen LogP contribution in [-0.4, -0.2) is 62.6 Å². The van der Waals surface area contributed by atoms with Gasteiger partial charge >= 0.3 is 0 Å². The Morgan fingerprint density at radius 2 is 1.61 bits per heavy atom. The maximum atomic E-state index is 15.1. The number of anilines is 1. The van der Waals surface area contributed by atoms with Crippen LogP contribution >= 0.6 is 0 Å². The van der Waals surface area contributed by atoms with Crippen molar-refractivity contribution in [1.29, 1.82) is 0 Å². The van der Waals surface area contributed by atoms with Gasteiger partial charge in [0.2, 0.25) is 11.9 Å². The van der Waals surface area contributed by atoms with E-state index in [9.17, 15) is 40.3 Å². The van der Waals surface area contributed by atoms with E-state index in [1.807, 2.05) is 0 Å². The molecule has 1 aliphatic carbocycles. The molecular weight excluding hydrogens is 735 g/mol. The SMILES string of the molecule is NC(=O)c1cc(-c2cnc(NCCN3CCCC3)nc2[C@H](Cc2cc(F)cc(F)c2)NC(=O)Cn2nc(C(F)F)c3c2C(F)(F)CCC3(F)F)ccc1F. The van der Waals surface area contributed by atoms with Crippen LogP contribution in [0.25, 0.3) is 11.1 Å². The molecule has 2 aromatic heterocycles. The van der Waals surface area contributed by atoms with Gasteiger partial charge in [0.25, 0.3) is 24.2 Å². The minimum absolute atomic E-state index is 0.0134. The van der Waals surface area contributed by atoms with Crippen molar-refractivity contribution in [2.24, 2.45) is 5.73 Å². The minimum Gasteiger partial charge on any atom is -0.366 e. The Labute approximate surface area is 301 Å². The molecule has 0 saturated carbocycles. The summed E-state index contributed by atoms with van der Waals surface area (Å²) in [6.07, 6.45) is -3.61. The molecule has 0 spiro atoms. The Bertz CT molecular complexity index is 2030. The number of carbonyl (C=O) groups excluding carboxylic acids is 2. The maximum Gasteiger partial charge on any atom is 0.290 e. The average molecular weight is 769 g/mol. The lowest BCUT2D eigenvalue weighted by Gasteiger charge is -2.29. The lowest BCUT2D eigenvalue weighted by Crippen LogP contribution is -2.37. The van der Waals surface area contributed by atoms with Gasteiger partial charge in [-0.1, -0.05) is 6.07 Å². The summed E-state index contributed by atoms with van der Waals surface area (Å²) < 4.78 is 131. The molecule has 1 aliphatic heterocycles. The second-order valence-electron chi connectivity index (χ2n) is 13.1. The van der Waals surface area contributed by atoms with Gasteiger partial charge in [-0.05, 0) is 67.7 Å². The zero-order chi connectivity index (χ0) is 38.9. The van der Waals surface area contributed by atoms with Crippen molar-refractivity contribution in [3.8, 4) is 11.1 Å². The van der Waals surface area contributed by atoms with Gasteiger partial charge in [0, 0.05) is 43.8 Å². The lowest BCUT2D eigenvalue weighted by atomic mass is 9.89. The predicted molar refractivity (Wildman–Crippen MR) is 175 cm³/mol. The molecule has 0 unspecified atom stereocenters. The highest BCUT2D eigenvalue weighted by Crippen LogP contribution is 2.52. The number of nitrogens with one attached hydrogen (secondary N) is 2. The number of benzene rings is 2. The third-order valence-corrected chi connectivity index (χ3v) is 9.24. The first-order valence-corrected chi connectivity index (χ1v) is 16.8. The maximum absolute atomic E-state index is 15.1. The second-order valence-corrected chi connectivity index (χ2v) is 13.1. The summed E-state index contributed by atoms with van der Waals surface area (Å²) in [5, 5.41) is 8.86. The number of nitrogens with two attached hydrogens (primary N) is 1. The standard InChI is InChI=1S/C35H33F9N8O2/c36-20-11-18(12-21(37)15-20)13-25(48-26(53)17-52-30-27(29(50-52)31(39)40)34(41,42)5-6-35(30,43)44)28-23(19-3-4-24(38)22(14-19)32(45)54)16-47-33(49-28)46-7-10-51-8-1-2-9-51/h3-4,11-12,14-16,25,31H,1-2,5-10,13,17H2,(H2,45,54)(H,48,53)(H,46,47,49)/t25-/m0/s1. The van der Waals surface area contributed by atoms with Gasteiger partial charge < -0.3 is 21.3 Å². The molecule has 0 bridgehead atoms. The number of likely N-dealkylation sites (tertiary alicyclic amines) is 1. The molecule has 2 aliphatic rings. The number of primary amides is 1. The molecule has 4 aromatic rings. The Kier molecular flexibility index (Phi) is 10.9. The number of amides is 2. The van der Waals surface area contributed by atoms with Crippen LogP contribution in [0.3, 0.4) is 0 Å². The lowest BCUT2D eigenvalue weighted by molar-refractivity contribution is -0.123. The third-order valence-electron chi connectivity index (χ3n) is 9.24. The summed E-state index contributed by atoms with van der Waals surface area (Å²) in [4.78, 5) is 36.8. The van der Waals surface area contributed by atoms with Crippen molar-refractivity contribution in [2.45, 2.75) is 63.0 Å². The zero-order valence-corrected chi connectivity index (χ0v) is 28.3. The van der Waals surface area contributed by atoms with Crippen molar-refractivity contribution in [3.63, 3.8) is 0 Å². The van der Waals surface area contributed by atoms with Gasteiger partial charge in [0.05, 0.1) is 22.9 Å². The molecule has 19 heteroatoms. The van der Waals surface area contributed by atoms with Gasteiger partial charge in [0.15, 0.2) is 0 Å². The Morgan fingerprint density at radius 3 is 2.28 bits per heavy atom. The molecule has 3 heterocycles. The fraction of sp³-hybridized carbons (Fsp3) is 0.400.